The molecule has 0 saturated heterocycles. The monoisotopic (exact) mass is 322 g/mol. The summed E-state index contributed by atoms with van der Waals surface area (Å²) in [7, 11) is 0. The van der Waals surface area contributed by atoms with Gasteiger partial charge in [0.05, 0.1) is 23.4 Å². The summed E-state index contributed by atoms with van der Waals surface area (Å²) < 4.78 is 11.9. The van der Waals surface area contributed by atoms with E-state index in [-0.39, 0.29) is 6.61 Å². The SMILES string of the molecule is CCOc1cc(CO)cc(I)c1OCC. The highest BCUT2D eigenvalue weighted by Crippen LogP contribution is 2.34. The van der Waals surface area contributed by atoms with E-state index in [9.17, 15) is 0 Å². The summed E-state index contributed by atoms with van der Waals surface area (Å²) in [5.74, 6) is 1.47. The Balaban J connectivity index is 3.10. The lowest BCUT2D eigenvalue weighted by atomic mass is 10.2. The molecule has 0 unspecified atom stereocenters. The lowest BCUT2D eigenvalue weighted by Crippen LogP contribution is -2.01. The number of aliphatic hydroxyl groups excluding tert-OH is 1. The van der Waals surface area contributed by atoms with Crippen molar-refractivity contribution in [1.82, 2.24) is 0 Å². The predicted molar refractivity (Wildman–Crippen MR) is 67.4 cm³/mol. The van der Waals surface area contributed by atoms with E-state index < -0.39 is 0 Å². The van der Waals surface area contributed by atoms with E-state index >= 15 is 0 Å². The van der Waals surface area contributed by atoms with Crippen molar-refractivity contribution >= 4 is 22.6 Å². The molecule has 0 aromatic heterocycles. The maximum Gasteiger partial charge on any atom is 0.174 e. The fraction of sp³-hybridized carbons (Fsp3) is 0.455. The van der Waals surface area contributed by atoms with E-state index in [4.69, 9.17) is 14.6 Å². The van der Waals surface area contributed by atoms with Crippen LogP contribution in [0.25, 0.3) is 0 Å². The minimum absolute atomic E-state index is 0.0164. The van der Waals surface area contributed by atoms with E-state index in [1.165, 1.54) is 0 Å². The average molecular weight is 322 g/mol. The molecule has 1 N–H and O–H groups in total. The standard InChI is InChI=1S/C11H15IO3/c1-3-14-10-6-8(7-13)5-9(12)11(10)15-4-2/h5-6,13H,3-4,7H2,1-2H3. The average Bonchev–Trinajstić information content (AvgIpc) is 2.23. The van der Waals surface area contributed by atoms with Gasteiger partial charge in [0.15, 0.2) is 11.5 Å². The number of rotatable bonds is 5. The molecule has 0 saturated carbocycles. The van der Waals surface area contributed by atoms with Crippen LogP contribution in [-0.4, -0.2) is 18.3 Å². The number of aliphatic hydroxyl groups is 1. The van der Waals surface area contributed by atoms with Gasteiger partial charge >= 0.3 is 0 Å². The number of benzene rings is 1. The number of ether oxygens (including phenoxy) is 2. The Morgan fingerprint density at radius 1 is 1.20 bits per heavy atom. The molecule has 0 bridgehead atoms. The van der Waals surface area contributed by atoms with Gasteiger partial charge in [-0.25, -0.2) is 0 Å². The second-order valence-electron chi connectivity index (χ2n) is 2.93. The molecule has 3 nitrogen and oxygen atoms in total. The zero-order chi connectivity index (χ0) is 11.3. The predicted octanol–water partition coefficient (Wildman–Crippen LogP) is 2.58. The summed E-state index contributed by atoms with van der Waals surface area (Å²) in [6.07, 6.45) is 0. The van der Waals surface area contributed by atoms with Crippen molar-refractivity contribution in [1.29, 1.82) is 0 Å². The lowest BCUT2D eigenvalue weighted by molar-refractivity contribution is 0.272. The molecule has 0 radical (unpaired) electrons. The highest BCUT2D eigenvalue weighted by atomic mass is 127. The minimum atomic E-state index is 0.0164. The number of hydrogen-bond donors (Lipinski definition) is 1. The Labute approximate surface area is 104 Å². The van der Waals surface area contributed by atoms with Gasteiger partial charge in [0.25, 0.3) is 0 Å². The van der Waals surface area contributed by atoms with Gasteiger partial charge in [-0.2, -0.15) is 0 Å². The molecule has 0 spiro atoms. The summed E-state index contributed by atoms with van der Waals surface area (Å²) in [5.41, 5.74) is 0.839. The van der Waals surface area contributed by atoms with Gasteiger partial charge in [0.2, 0.25) is 0 Å². The summed E-state index contributed by atoms with van der Waals surface area (Å²) in [6, 6.07) is 3.71. The molecule has 1 aromatic carbocycles. The molecule has 4 heteroatoms. The smallest absolute Gasteiger partial charge is 0.174 e. The van der Waals surface area contributed by atoms with Gasteiger partial charge in [0, 0.05) is 0 Å². The van der Waals surface area contributed by atoms with Crippen LogP contribution in [0, 0.1) is 3.57 Å². The van der Waals surface area contributed by atoms with Crippen LogP contribution in [0.15, 0.2) is 12.1 Å². The van der Waals surface area contributed by atoms with Gasteiger partial charge in [-0.05, 0) is 54.1 Å². The van der Waals surface area contributed by atoms with Crippen LogP contribution in [0.5, 0.6) is 11.5 Å². The fourth-order valence-electron chi connectivity index (χ4n) is 1.26. The number of hydrogen-bond acceptors (Lipinski definition) is 3. The Bertz CT molecular complexity index is 326. The second-order valence-corrected chi connectivity index (χ2v) is 4.09. The Kier molecular flexibility index (Phi) is 5.17. The topological polar surface area (TPSA) is 38.7 Å². The molecule has 0 aliphatic carbocycles. The van der Waals surface area contributed by atoms with Crippen molar-refractivity contribution in [2.45, 2.75) is 20.5 Å². The van der Waals surface area contributed by atoms with Crippen LogP contribution in [-0.2, 0) is 6.61 Å². The summed E-state index contributed by atoms with van der Waals surface area (Å²) in [5, 5.41) is 9.08. The normalized spacial score (nSPS) is 10.1. The molecular weight excluding hydrogens is 307 g/mol. The highest BCUT2D eigenvalue weighted by Gasteiger charge is 2.11. The van der Waals surface area contributed by atoms with Gasteiger partial charge in [-0.1, -0.05) is 0 Å². The zero-order valence-electron chi connectivity index (χ0n) is 8.92. The van der Waals surface area contributed by atoms with Gasteiger partial charge < -0.3 is 14.6 Å². The van der Waals surface area contributed by atoms with E-state index in [0.29, 0.717) is 19.0 Å². The van der Waals surface area contributed by atoms with Crippen molar-refractivity contribution < 1.29 is 14.6 Å². The Hall–Kier alpha value is -0.490. The molecule has 1 aromatic rings. The van der Waals surface area contributed by atoms with Crippen LogP contribution >= 0.6 is 22.6 Å². The van der Waals surface area contributed by atoms with E-state index in [2.05, 4.69) is 22.6 Å². The van der Waals surface area contributed by atoms with Crippen LogP contribution in [0.2, 0.25) is 0 Å². The second kappa shape index (κ2) is 6.17. The molecule has 0 amide bonds. The molecule has 0 fully saturated rings. The summed E-state index contributed by atoms with van der Waals surface area (Å²) in [6.45, 7) is 5.07. The molecule has 15 heavy (non-hydrogen) atoms. The first-order chi connectivity index (χ1) is 7.22. The largest absolute Gasteiger partial charge is 0.490 e. The maximum atomic E-state index is 9.08. The summed E-state index contributed by atoms with van der Waals surface area (Å²) in [4.78, 5) is 0. The van der Waals surface area contributed by atoms with Crippen molar-refractivity contribution in [3.05, 3.63) is 21.3 Å². The van der Waals surface area contributed by atoms with Gasteiger partial charge in [0.1, 0.15) is 0 Å². The number of halogens is 1. The maximum absolute atomic E-state index is 9.08. The van der Waals surface area contributed by atoms with Gasteiger partial charge in [-0.15, -0.1) is 0 Å². The van der Waals surface area contributed by atoms with E-state index in [0.717, 1.165) is 14.9 Å². The van der Waals surface area contributed by atoms with Crippen molar-refractivity contribution in [3.63, 3.8) is 0 Å². The van der Waals surface area contributed by atoms with Crippen LogP contribution in [0.3, 0.4) is 0 Å². The molecule has 0 heterocycles. The first-order valence-electron chi connectivity index (χ1n) is 4.91. The lowest BCUT2D eigenvalue weighted by Gasteiger charge is -2.13. The van der Waals surface area contributed by atoms with Crippen LogP contribution in [0.1, 0.15) is 19.4 Å². The Morgan fingerprint density at radius 2 is 1.87 bits per heavy atom. The van der Waals surface area contributed by atoms with Crippen molar-refractivity contribution in [3.8, 4) is 11.5 Å². The third kappa shape index (κ3) is 3.24. The summed E-state index contributed by atoms with van der Waals surface area (Å²) >= 11 is 2.18. The molecule has 84 valence electrons. The minimum Gasteiger partial charge on any atom is -0.490 e. The fourth-order valence-corrected chi connectivity index (χ4v) is 2.08. The highest BCUT2D eigenvalue weighted by molar-refractivity contribution is 14.1. The van der Waals surface area contributed by atoms with Gasteiger partial charge in [-0.3, -0.25) is 0 Å². The molecular formula is C11H15IO3. The Morgan fingerprint density at radius 3 is 2.40 bits per heavy atom. The molecule has 0 aliphatic heterocycles. The van der Waals surface area contributed by atoms with Crippen LogP contribution in [0.4, 0.5) is 0 Å². The van der Waals surface area contributed by atoms with E-state index in [1.807, 2.05) is 26.0 Å². The first kappa shape index (κ1) is 12.6. The third-order valence-electron chi connectivity index (χ3n) is 1.84. The molecule has 0 aliphatic rings. The zero-order valence-corrected chi connectivity index (χ0v) is 11.1. The van der Waals surface area contributed by atoms with Crippen molar-refractivity contribution in [2.24, 2.45) is 0 Å². The van der Waals surface area contributed by atoms with E-state index in [1.54, 1.807) is 0 Å². The van der Waals surface area contributed by atoms with Crippen LogP contribution < -0.4 is 9.47 Å². The molecule has 1 rings (SSSR count). The first-order valence-corrected chi connectivity index (χ1v) is 5.99. The third-order valence-corrected chi connectivity index (χ3v) is 2.64. The van der Waals surface area contributed by atoms with Crippen molar-refractivity contribution in [2.75, 3.05) is 13.2 Å². The quantitative estimate of drug-likeness (QED) is 0.847. The molecule has 0 atom stereocenters.